The maximum Gasteiger partial charge on any atom is 0.305 e. The number of ether oxygens (including phenoxy) is 1. The van der Waals surface area contributed by atoms with Crippen molar-refractivity contribution in [2.75, 3.05) is 13.2 Å². The molecule has 0 fully saturated rings. The van der Waals surface area contributed by atoms with Crippen molar-refractivity contribution in [3.8, 4) is 0 Å². The minimum Gasteiger partial charge on any atom is -0.466 e. The number of aliphatic hydroxyl groups excluding tert-OH is 2. The number of unbranched alkanes of at least 4 members (excludes halogenated alkanes) is 41. The highest BCUT2D eigenvalue weighted by molar-refractivity contribution is 5.76. The van der Waals surface area contributed by atoms with E-state index in [-0.39, 0.29) is 18.5 Å². The number of aliphatic hydroxyl groups is 2. The standard InChI is InChI=1S/C61H117NO5/c1-3-5-7-9-11-13-15-17-19-21-23-24-26-27-29-31-33-37-41-45-49-53-59(64)58(57-63)62-60(65)54-50-46-42-38-35-36-40-44-48-52-56-67-61(66)55-51-47-43-39-34-32-30-28-25-22-20-18-16-14-12-10-8-6-4-2/h12,14,18,20,58-59,63-64H,3-11,13,15-17,19,21-57H2,1-2H3,(H,62,65)/b14-12-,20-18-. The monoisotopic (exact) mass is 944 g/mol. The maximum absolute atomic E-state index is 12.5. The lowest BCUT2D eigenvalue weighted by Gasteiger charge is -2.22. The van der Waals surface area contributed by atoms with Gasteiger partial charge in [0.05, 0.1) is 25.4 Å². The molecule has 0 heterocycles. The number of amides is 1. The molecule has 2 unspecified atom stereocenters. The number of carbonyl (C=O) groups excluding carboxylic acids is 2. The Labute approximate surface area is 418 Å². The molecule has 6 heteroatoms. The molecule has 0 rings (SSSR count). The predicted octanol–water partition coefficient (Wildman–Crippen LogP) is 18.6. The van der Waals surface area contributed by atoms with Crippen LogP contribution in [-0.4, -0.2) is 47.4 Å². The fourth-order valence-corrected chi connectivity index (χ4v) is 9.38. The molecule has 0 aliphatic rings. The van der Waals surface area contributed by atoms with E-state index < -0.39 is 12.1 Å². The van der Waals surface area contributed by atoms with E-state index in [2.05, 4.69) is 43.5 Å². The lowest BCUT2D eigenvalue weighted by Crippen LogP contribution is -2.45. The van der Waals surface area contributed by atoms with Gasteiger partial charge in [-0.1, -0.05) is 282 Å². The smallest absolute Gasteiger partial charge is 0.305 e. The van der Waals surface area contributed by atoms with Crippen LogP contribution in [-0.2, 0) is 14.3 Å². The first-order chi connectivity index (χ1) is 33.0. The molecule has 0 aromatic carbocycles. The van der Waals surface area contributed by atoms with E-state index in [1.807, 2.05) is 0 Å². The van der Waals surface area contributed by atoms with Crippen molar-refractivity contribution in [1.82, 2.24) is 5.32 Å². The molecule has 396 valence electrons. The predicted molar refractivity (Wildman–Crippen MR) is 292 cm³/mol. The summed E-state index contributed by atoms with van der Waals surface area (Å²) in [6.45, 7) is 4.90. The molecule has 0 radical (unpaired) electrons. The Bertz CT molecular complexity index is 1040. The van der Waals surface area contributed by atoms with Gasteiger partial charge in [-0.15, -0.1) is 0 Å². The summed E-state index contributed by atoms with van der Waals surface area (Å²) in [7, 11) is 0. The van der Waals surface area contributed by atoms with Gasteiger partial charge < -0.3 is 20.3 Å². The summed E-state index contributed by atoms with van der Waals surface area (Å²) in [6.07, 6.45) is 68.8. The Morgan fingerprint density at radius 1 is 0.418 bits per heavy atom. The Morgan fingerprint density at radius 3 is 1.16 bits per heavy atom. The molecule has 0 aliphatic heterocycles. The zero-order valence-electron chi connectivity index (χ0n) is 45.1. The minimum absolute atomic E-state index is 0.0215. The molecule has 0 saturated carbocycles. The number of hydrogen-bond donors (Lipinski definition) is 3. The van der Waals surface area contributed by atoms with E-state index in [4.69, 9.17) is 4.74 Å². The number of allylic oxidation sites excluding steroid dienone is 4. The Kier molecular flexibility index (Phi) is 55.5. The van der Waals surface area contributed by atoms with Gasteiger partial charge in [0.1, 0.15) is 0 Å². The lowest BCUT2D eigenvalue weighted by atomic mass is 10.0. The van der Waals surface area contributed by atoms with Crippen LogP contribution in [0.4, 0.5) is 0 Å². The summed E-state index contributed by atoms with van der Waals surface area (Å²) in [4.78, 5) is 24.6. The number of rotatable bonds is 56. The molecule has 0 aromatic rings. The normalized spacial score (nSPS) is 12.7. The van der Waals surface area contributed by atoms with Crippen molar-refractivity contribution in [2.45, 2.75) is 341 Å². The fourth-order valence-electron chi connectivity index (χ4n) is 9.38. The number of nitrogens with one attached hydrogen (secondary N) is 1. The molecule has 0 bridgehead atoms. The molecule has 0 aromatic heterocycles. The van der Waals surface area contributed by atoms with E-state index in [1.165, 1.54) is 231 Å². The second-order valence-corrected chi connectivity index (χ2v) is 20.7. The first kappa shape index (κ1) is 65.3. The molecule has 3 N–H and O–H groups in total. The zero-order chi connectivity index (χ0) is 48.6. The molecule has 6 nitrogen and oxygen atoms in total. The Balaban J connectivity index is 3.46. The van der Waals surface area contributed by atoms with Crippen LogP contribution >= 0.6 is 0 Å². The van der Waals surface area contributed by atoms with Gasteiger partial charge in [0, 0.05) is 12.8 Å². The summed E-state index contributed by atoms with van der Waals surface area (Å²) in [5, 5.41) is 23.3. The quantitative estimate of drug-likeness (QED) is 0.0321. The van der Waals surface area contributed by atoms with Gasteiger partial charge in [0.2, 0.25) is 5.91 Å². The maximum atomic E-state index is 12.5. The molecule has 0 saturated heterocycles. The molecule has 2 atom stereocenters. The first-order valence-electron chi connectivity index (χ1n) is 30.1. The van der Waals surface area contributed by atoms with Crippen molar-refractivity contribution in [3.63, 3.8) is 0 Å². The van der Waals surface area contributed by atoms with E-state index in [0.717, 1.165) is 64.2 Å². The molecule has 0 aliphatic carbocycles. The Morgan fingerprint density at radius 2 is 0.746 bits per heavy atom. The Hall–Kier alpha value is -1.66. The highest BCUT2D eigenvalue weighted by atomic mass is 16.5. The highest BCUT2D eigenvalue weighted by Gasteiger charge is 2.20. The van der Waals surface area contributed by atoms with Gasteiger partial charge >= 0.3 is 5.97 Å². The fraction of sp³-hybridized carbons (Fsp3) is 0.902. The van der Waals surface area contributed by atoms with Crippen molar-refractivity contribution in [1.29, 1.82) is 0 Å². The van der Waals surface area contributed by atoms with Gasteiger partial charge in [0.15, 0.2) is 0 Å². The van der Waals surface area contributed by atoms with Crippen LogP contribution in [0.1, 0.15) is 328 Å². The van der Waals surface area contributed by atoms with Gasteiger partial charge in [0.25, 0.3) is 0 Å². The molecular weight excluding hydrogens is 827 g/mol. The topological polar surface area (TPSA) is 95.9 Å². The lowest BCUT2D eigenvalue weighted by molar-refractivity contribution is -0.143. The van der Waals surface area contributed by atoms with Crippen LogP contribution in [0.3, 0.4) is 0 Å². The number of hydrogen-bond acceptors (Lipinski definition) is 5. The van der Waals surface area contributed by atoms with E-state index in [1.54, 1.807) is 0 Å². The number of carbonyl (C=O) groups is 2. The third-order valence-corrected chi connectivity index (χ3v) is 14.0. The number of esters is 1. The summed E-state index contributed by atoms with van der Waals surface area (Å²) >= 11 is 0. The van der Waals surface area contributed by atoms with Crippen LogP contribution < -0.4 is 5.32 Å². The van der Waals surface area contributed by atoms with Gasteiger partial charge in [-0.05, 0) is 57.8 Å². The average molecular weight is 945 g/mol. The second-order valence-electron chi connectivity index (χ2n) is 20.7. The summed E-state index contributed by atoms with van der Waals surface area (Å²) < 4.78 is 5.48. The van der Waals surface area contributed by atoms with Crippen molar-refractivity contribution in [3.05, 3.63) is 24.3 Å². The second kappa shape index (κ2) is 56.9. The van der Waals surface area contributed by atoms with E-state index >= 15 is 0 Å². The summed E-state index contributed by atoms with van der Waals surface area (Å²) in [5.74, 6) is -0.0764. The van der Waals surface area contributed by atoms with Crippen LogP contribution in [0.2, 0.25) is 0 Å². The molecule has 1 amide bonds. The van der Waals surface area contributed by atoms with Crippen LogP contribution in [0.25, 0.3) is 0 Å². The van der Waals surface area contributed by atoms with Crippen molar-refractivity contribution >= 4 is 11.9 Å². The molecular formula is C61H117NO5. The van der Waals surface area contributed by atoms with Crippen LogP contribution in [0, 0.1) is 0 Å². The van der Waals surface area contributed by atoms with E-state index in [9.17, 15) is 19.8 Å². The highest BCUT2D eigenvalue weighted by Crippen LogP contribution is 2.18. The summed E-state index contributed by atoms with van der Waals surface area (Å²) in [5.41, 5.74) is 0. The van der Waals surface area contributed by atoms with E-state index in [0.29, 0.717) is 25.9 Å². The third kappa shape index (κ3) is 53.5. The zero-order valence-corrected chi connectivity index (χ0v) is 45.1. The third-order valence-electron chi connectivity index (χ3n) is 14.0. The van der Waals surface area contributed by atoms with Gasteiger partial charge in [-0.2, -0.15) is 0 Å². The van der Waals surface area contributed by atoms with Crippen molar-refractivity contribution in [2.24, 2.45) is 0 Å². The SMILES string of the molecule is CCCCC/C=C\C/C=C\CCCCCCCCCCCC(=O)OCCCCCCCCCCCCC(=O)NC(CO)C(O)CCCCCCCCCCCCCCCCCCCCCCC. The average Bonchev–Trinajstić information content (AvgIpc) is 3.33. The largest absolute Gasteiger partial charge is 0.466 e. The van der Waals surface area contributed by atoms with Crippen LogP contribution in [0.5, 0.6) is 0 Å². The van der Waals surface area contributed by atoms with Crippen molar-refractivity contribution < 1.29 is 24.5 Å². The molecule has 0 spiro atoms. The first-order valence-corrected chi connectivity index (χ1v) is 30.1. The van der Waals surface area contributed by atoms with Crippen LogP contribution in [0.15, 0.2) is 24.3 Å². The minimum atomic E-state index is -0.680. The van der Waals surface area contributed by atoms with Gasteiger partial charge in [-0.25, -0.2) is 0 Å². The van der Waals surface area contributed by atoms with Gasteiger partial charge in [-0.3, -0.25) is 9.59 Å². The molecule has 67 heavy (non-hydrogen) atoms. The summed E-state index contributed by atoms with van der Waals surface area (Å²) in [6, 6.07) is -0.560.